The van der Waals surface area contributed by atoms with Gasteiger partial charge in [-0.1, -0.05) is 0 Å². The number of hydrogen-bond donors (Lipinski definition) is 0. The number of rotatable bonds is 8. The maximum atomic E-state index is 11.4. The van der Waals surface area contributed by atoms with Crippen LogP contribution in [0.15, 0.2) is 0 Å². The molecule has 0 saturated heterocycles. The summed E-state index contributed by atoms with van der Waals surface area (Å²) in [7, 11) is 0. The van der Waals surface area contributed by atoms with Crippen molar-refractivity contribution in [3.05, 3.63) is 0 Å². The third-order valence-electron chi connectivity index (χ3n) is 2.23. The lowest BCUT2D eigenvalue weighted by molar-refractivity contribution is -0.159. The lowest BCUT2D eigenvalue weighted by Crippen LogP contribution is -2.30. The van der Waals surface area contributed by atoms with Crippen LogP contribution in [0.3, 0.4) is 0 Å². The molecular weight excluding hydrogens is 220 g/mol. The largest absolute Gasteiger partial charge is 0.460 e. The molecule has 0 N–H and O–H groups in total. The van der Waals surface area contributed by atoms with Gasteiger partial charge < -0.3 is 14.3 Å². The van der Waals surface area contributed by atoms with E-state index in [-0.39, 0.29) is 30.7 Å². The minimum atomic E-state index is -0.539. The molecule has 0 aliphatic carbocycles. The molecule has 17 heavy (non-hydrogen) atoms. The van der Waals surface area contributed by atoms with Crippen LogP contribution in [0.4, 0.5) is 0 Å². The first kappa shape index (κ1) is 16.1. The summed E-state index contributed by atoms with van der Waals surface area (Å²) in [6.07, 6.45) is 1.23. The zero-order chi connectivity index (χ0) is 13.5. The standard InChI is InChI=1S/C13H24O4/c1-10(2)16-9-8-13(4,5)17-12(15)7-6-11(3)14/h10H,6-9H2,1-5H3. The van der Waals surface area contributed by atoms with Crippen LogP contribution in [-0.2, 0) is 19.1 Å². The van der Waals surface area contributed by atoms with Crippen LogP contribution in [0.5, 0.6) is 0 Å². The monoisotopic (exact) mass is 244 g/mol. The first-order valence-electron chi connectivity index (χ1n) is 6.06. The van der Waals surface area contributed by atoms with Gasteiger partial charge in [-0.25, -0.2) is 0 Å². The molecule has 0 aromatic heterocycles. The predicted molar refractivity (Wildman–Crippen MR) is 65.8 cm³/mol. The molecular formula is C13H24O4. The fourth-order valence-corrected chi connectivity index (χ4v) is 1.23. The van der Waals surface area contributed by atoms with Crippen LogP contribution >= 0.6 is 0 Å². The summed E-state index contributed by atoms with van der Waals surface area (Å²) in [4.78, 5) is 22.2. The smallest absolute Gasteiger partial charge is 0.306 e. The van der Waals surface area contributed by atoms with Crippen LogP contribution in [0, 0.1) is 0 Å². The Labute approximate surface area is 104 Å². The zero-order valence-electron chi connectivity index (χ0n) is 11.5. The van der Waals surface area contributed by atoms with Gasteiger partial charge in [-0.3, -0.25) is 4.79 Å². The number of carbonyl (C=O) groups excluding carboxylic acids is 2. The van der Waals surface area contributed by atoms with Crippen LogP contribution < -0.4 is 0 Å². The molecule has 0 bridgehead atoms. The van der Waals surface area contributed by atoms with Crippen molar-refractivity contribution < 1.29 is 19.1 Å². The van der Waals surface area contributed by atoms with Crippen LogP contribution in [0.25, 0.3) is 0 Å². The average molecular weight is 244 g/mol. The van der Waals surface area contributed by atoms with Gasteiger partial charge >= 0.3 is 5.97 Å². The summed E-state index contributed by atoms with van der Waals surface area (Å²) >= 11 is 0. The molecule has 0 aromatic rings. The van der Waals surface area contributed by atoms with E-state index in [4.69, 9.17) is 9.47 Å². The molecule has 0 heterocycles. The van der Waals surface area contributed by atoms with Crippen molar-refractivity contribution >= 4 is 11.8 Å². The molecule has 0 unspecified atom stereocenters. The molecule has 0 amide bonds. The minimum Gasteiger partial charge on any atom is -0.460 e. The third-order valence-corrected chi connectivity index (χ3v) is 2.23. The molecule has 4 heteroatoms. The molecule has 4 nitrogen and oxygen atoms in total. The first-order chi connectivity index (χ1) is 7.73. The van der Waals surface area contributed by atoms with E-state index in [1.54, 1.807) is 0 Å². The van der Waals surface area contributed by atoms with Gasteiger partial charge in [0.15, 0.2) is 0 Å². The number of ketones is 1. The van der Waals surface area contributed by atoms with Crippen molar-refractivity contribution in [1.82, 2.24) is 0 Å². The summed E-state index contributed by atoms with van der Waals surface area (Å²) in [6, 6.07) is 0. The molecule has 0 rings (SSSR count). The average Bonchev–Trinajstić information content (AvgIpc) is 2.12. The number of Topliss-reactive ketones (excluding diaryl/α,β-unsaturated/α-hetero) is 1. The summed E-state index contributed by atoms with van der Waals surface area (Å²) in [5.74, 6) is -0.322. The predicted octanol–water partition coefficient (Wildman–Crippen LogP) is 2.49. The molecule has 0 radical (unpaired) electrons. The Balaban J connectivity index is 3.89. The molecule has 100 valence electrons. The molecule has 0 aromatic carbocycles. The highest BCUT2D eigenvalue weighted by Gasteiger charge is 2.22. The molecule has 0 spiro atoms. The van der Waals surface area contributed by atoms with Crippen molar-refractivity contribution in [2.45, 2.75) is 65.6 Å². The van der Waals surface area contributed by atoms with Gasteiger partial charge in [0.05, 0.1) is 19.1 Å². The van der Waals surface area contributed by atoms with E-state index in [9.17, 15) is 9.59 Å². The van der Waals surface area contributed by atoms with Crippen molar-refractivity contribution in [1.29, 1.82) is 0 Å². The number of hydrogen-bond acceptors (Lipinski definition) is 4. The summed E-state index contributed by atoms with van der Waals surface area (Å²) in [6.45, 7) is 9.65. The van der Waals surface area contributed by atoms with E-state index in [0.29, 0.717) is 13.0 Å². The Bertz CT molecular complexity index is 256. The highest BCUT2D eigenvalue weighted by Crippen LogP contribution is 2.16. The second-order valence-corrected chi connectivity index (χ2v) is 5.11. The second-order valence-electron chi connectivity index (χ2n) is 5.11. The van der Waals surface area contributed by atoms with Gasteiger partial charge in [0, 0.05) is 12.8 Å². The molecule has 0 fully saturated rings. The van der Waals surface area contributed by atoms with E-state index in [0.717, 1.165) is 0 Å². The Morgan fingerprint density at radius 2 is 1.76 bits per heavy atom. The van der Waals surface area contributed by atoms with Crippen molar-refractivity contribution in [3.63, 3.8) is 0 Å². The fourth-order valence-electron chi connectivity index (χ4n) is 1.23. The first-order valence-corrected chi connectivity index (χ1v) is 6.06. The number of esters is 1. The lowest BCUT2D eigenvalue weighted by Gasteiger charge is -2.25. The van der Waals surface area contributed by atoms with Crippen molar-refractivity contribution in [3.8, 4) is 0 Å². The van der Waals surface area contributed by atoms with E-state index in [1.165, 1.54) is 6.92 Å². The van der Waals surface area contributed by atoms with E-state index in [1.807, 2.05) is 27.7 Å². The van der Waals surface area contributed by atoms with Crippen molar-refractivity contribution in [2.24, 2.45) is 0 Å². The van der Waals surface area contributed by atoms with Crippen LogP contribution in [0.1, 0.15) is 53.9 Å². The summed E-state index contributed by atoms with van der Waals surface area (Å²) in [5, 5.41) is 0. The highest BCUT2D eigenvalue weighted by atomic mass is 16.6. The van der Waals surface area contributed by atoms with E-state index >= 15 is 0 Å². The van der Waals surface area contributed by atoms with Gasteiger partial charge in [-0.2, -0.15) is 0 Å². The molecule has 0 saturated carbocycles. The zero-order valence-corrected chi connectivity index (χ0v) is 11.5. The third kappa shape index (κ3) is 10.00. The van der Waals surface area contributed by atoms with Gasteiger partial charge in [0.1, 0.15) is 11.4 Å². The van der Waals surface area contributed by atoms with E-state index in [2.05, 4.69) is 0 Å². The van der Waals surface area contributed by atoms with Gasteiger partial charge in [0.25, 0.3) is 0 Å². The van der Waals surface area contributed by atoms with Gasteiger partial charge in [-0.05, 0) is 34.6 Å². The maximum absolute atomic E-state index is 11.4. The Hall–Kier alpha value is -0.900. The molecule has 0 aliphatic heterocycles. The second kappa shape index (κ2) is 7.43. The molecule has 0 aliphatic rings. The van der Waals surface area contributed by atoms with Gasteiger partial charge in [-0.15, -0.1) is 0 Å². The minimum absolute atomic E-state index is 0.00268. The van der Waals surface area contributed by atoms with Crippen molar-refractivity contribution in [2.75, 3.05) is 6.61 Å². The quantitative estimate of drug-likeness (QED) is 0.615. The summed E-state index contributed by atoms with van der Waals surface area (Å²) < 4.78 is 10.7. The Morgan fingerprint density at radius 1 is 1.18 bits per heavy atom. The highest BCUT2D eigenvalue weighted by molar-refractivity contribution is 5.81. The fraction of sp³-hybridized carbons (Fsp3) is 0.846. The van der Waals surface area contributed by atoms with E-state index < -0.39 is 5.60 Å². The number of ether oxygens (including phenoxy) is 2. The number of carbonyl (C=O) groups is 2. The SMILES string of the molecule is CC(=O)CCC(=O)OC(C)(C)CCOC(C)C. The summed E-state index contributed by atoms with van der Waals surface area (Å²) in [5.41, 5.74) is -0.539. The van der Waals surface area contributed by atoms with Crippen LogP contribution in [-0.4, -0.2) is 30.1 Å². The topological polar surface area (TPSA) is 52.6 Å². The maximum Gasteiger partial charge on any atom is 0.306 e. The normalized spacial score (nSPS) is 11.6. The Kier molecular flexibility index (Phi) is 7.04. The Morgan fingerprint density at radius 3 is 2.24 bits per heavy atom. The lowest BCUT2D eigenvalue weighted by atomic mass is 10.1. The van der Waals surface area contributed by atoms with Gasteiger partial charge in [0.2, 0.25) is 0 Å². The molecule has 0 atom stereocenters. The van der Waals surface area contributed by atoms with Crippen LogP contribution in [0.2, 0.25) is 0 Å².